The van der Waals surface area contributed by atoms with E-state index in [1.807, 2.05) is 10.9 Å². The van der Waals surface area contributed by atoms with E-state index in [9.17, 15) is 0 Å². The van der Waals surface area contributed by atoms with Gasteiger partial charge in [0.2, 0.25) is 0 Å². The molecule has 0 saturated carbocycles. The summed E-state index contributed by atoms with van der Waals surface area (Å²) in [4.78, 5) is 0. The number of nitrogens with zero attached hydrogens (tertiary/aromatic N) is 3. The standard InChI is InChI=1S/C12H22N4O2/c1-10(2)5-13-6-11-7-16(15-14-11)3-4-18-12-8-17-9-12/h7,10,12-13H,3-6,8-9H2,1-2H3. The van der Waals surface area contributed by atoms with Gasteiger partial charge < -0.3 is 14.8 Å². The van der Waals surface area contributed by atoms with Gasteiger partial charge in [0.05, 0.1) is 32.1 Å². The third-order valence-corrected chi connectivity index (χ3v) is 2.73. The molecular formula is C12H22N4O2. The topological polar surface area (TPSA) is 61.2 Å². The zero-order valence-corrected chi connectivity index (χ0v) is 11.1. The summed E-state index contributed by atoms with van der Waals surface area (Å²) in [5, 5.41) is 11.5. The number of aromatic nitrogens is 3. The summed E-state index contributed by atoms with van der Waals surface area (Å²) < 4.78 is 12.4. The maximum atomic E-state index is 5.57. The fourth-order valence-corrected chi connectivity index (χ4v) is 1.64. The first-order chi connectivity index (χ1) is 8.74. The molecule has 1 aromatic rings. The van der Waals surface area contributed by atoms with Crippen molar-refractivity contribution in [2.75, 3.05) is 26.4 Å². The lowest BCUT2D eigenvalue weighted by Crippen LogP contribution is -2.36. The highest BCUT2D eigenvalue weighted by Gasteiger charge is 2.18. The molecule has 1 saturated heterocycles. The molecule has 6 nitrogen and oxygen atoms in total. The molecule has 1 aliphatic rings. The molecule has 1 fully saturated rings. The molecule has 1 aliphatic heterocycles. The molecule has 0 amide bonds. The summed E-state index contributed by atoms with van der Waals surface area (Å²) in [6.45, 7) is 9.00. The van der Waals surface area contributed by atoms with Gasteiger partial charge in [-0.2, -0.15) is 0 Å². The van der Waals surface area contributed by atoms with Crippen molar-refractivity contribution < 1.29 is 9.47 Å². The van der Waals surface area contributed by atoms with Gasteiger partial charge in [-0.25, -0.2) is 4.68 Å². The summed E-state index contributed by atoms with van der Waals surface area (Å²) in [7, 11) is 0. The second-order valence-corrected chi connectivity index (χ2v) is 5.03. The smallest absolute Gasteiger partial charge is 0.104 e. The van der Waals surface area contributed by atoms with Gasteiger partial charge in [-0.05, 0) is 12.5 Å². The molecule has 0 aliphatic carbocycles. The molecule has 0 unspecified atom stereocenters. The fourth-order valence-electron chi connectivity index (χ4n) is 1.64. The van der Waals surface area contributed by atoms with Crippen LogP contribution in [0.3, 0.4) is 0 Å². The lowest BCUT2D eigenvalue weighted by molar-refractivity contribution is -0.131. The normalized spacial score (nSPS) is 16.2. The van der Waals surface area contributed by atoms with E-state index < -0.39 is 0 Å². The van der Waals surface area contributed by atoms with Crippen molar-refractivity contribution in [1.29, 1.82) is 0 Å². The Kier molecular flexibility index (Phi) is 5.10. The van der Waals surface area contributed by atoms with Gasteiger partial charge in [-0.3, -0.25) is 0 Å². The van der Waals surface area contributed by atoms with E-state index in [4.69, 9.17) is 9.47 Å². The molecule has 0 bridgehead atoms. The highest BCUT2D eigenvalue weighted by molar-refractivity contribution is 4.91. The third-order valence-electron chi connectivity index (χ3n) is 2.73. The second kappa shape index (κ2) is 6.82. The summed E-state index contributed by atoms with van der Waals surface area (Å²) in [6, 6.07) is 0. The number of ether oxygens (including phenoxy) is 2. The van der Waals surface area contributed by atoms with E-state index in [2.05, 4.69) is 29.5 Å². The van der Waals surface area contributed by atoms with E-state index >= 15 is 0 Å². The van der Waals surface area contributed by atoms with E-state index in [1.165, 1.54) is 0 Å². The minimum Gasteiger partial charge on any atom is -0.376 e. The Morgan fingerprint density at radius 1 is 1.56 bits per heavy atom. The minimum atomic E-state index is 0.278. The maximum Gasteiger partial charge on any atom is 0.104 e. The second-order valence-electron chi connectivity index (χ2n) is 5.03. The van der Waals surface area contributed by atoms with Crippen LogP contribution >= 0.6 is 0 Å². The average Bonchev–Trinajstić information content (AvgIpc) is 2.69. The van der Waals surface area contributed by atoms with Crippen LogP contribution in [0.5, 0.6) is 0 Å². The van der Waals surface area contributed by atoms with Crippen LogP contribution in [-0.4, -0.2) is 47.5 Å². The van der Waals surface area contributed by atoms with Gasteiger partial charge in [-0.15, -0.1) is 5.10 Å². The Hall–Kier alpha value is -0.980. The third kappa shape index (κ3) is 4.36. The van der Waals surface area contributed by atoms with Crippen molar-refractivity contribution >= 4 is 0 Å². The van der Waals surface area contributed by atoms with Crippen LogP contribution in [0.25, 0.3) is 0 Å². The van der Waals surface area contributed by atoms with Crippen molar-refractivity contribution in [3.63, 3.8) is 0 Å². The van der Waals surface area contributed by atoms with Gasteiger partial charge in [0.25, 0.3) is 0 Å². The predicted molar refractivity (Wildman–Crippen MR) is 67.1 cm³/mol. The highest BCUT2D eigenvalue weighted by Crippen LogP contribution is 2.05. The predicted octanol–water partition coefficient (Wildman–Crippen LogP) is 0.439. The van der Waals surface area contributed by atoms with Gasteiger partial charge in [0.15, 0.2) is 0 Å². The first kappa shape index (κ1) is 13.5. The van der Waals surface area contributed by atoms with Crippen molar-refractivity contribution in [1.82, 2.24) is 20.3 Å². The number of rotatable bonds is 8. The molecule has 0 atom stereocenters. The van der Waals surface area contributed by atoms with Gasteiger partial charge in [0.1, 0.15) is 6.10 Å². The van der Waals surface area contributed by atoms with E-state index in [1.54, 1.807) is 0 Å². The van der Waals surface area contributed by atoms with Crippen LogP contribution in [0.15, 0.2) is 6.20 Å². The molecule has 0 spiro atoms. The van der Waals surface area contributed by atoms with Crippen molar-refractivity contribution in [3.05, 3.63) is 11.9 Å². The van der Waals surface area contributed by atoms with Gasteiger partial charge in [0, 0.05) is 12.7 Å². The zero-order chi connectivity index (χ0) is 12.8. The van der Waals surface area contributed by atoms with Crippen molar-refractivity contribution in [3.8, 4) is 0 Å². The molecule has 1 aromatic heterocycles. The lowest BCUT2D eigenvalue weighted by Gasteiger charge is -2.25. The van der Waals surface area contributed by atoms with Crippen molar-refractivity contribution in [2.45, 2.75) is 33.0 Å². The molecule has 2 rings (SSSR count). The van der Waals surface area contributed by atoms with Crippen molar-refractivity contribution in [2.24, 2.45) is 5.92 Å². The van der Waals surface area contributed by atoms with E-state index in [-0.39, 0.29) is 6.10 Å². The largest absolute Gasteiger partial charge is 0.376 e. The van der Waals surface area contributed by atoms with Crippen LogP contribution in [-0.2, 0) is 22.6 Å². The summed E-state index contributed by atoms with van der Waals surface area (Å²) in [6.07, 6.45) is 2.24. The summed E-state index contributed by atoms with van der Waals surface area (Å²) >= 11 is 0. The molecule has 6 heteroatoms. The minimum absolute atomic E-state index is 0.278. The quantitative estimate of drug-likeness (QED) is 0.729. The van der Waals surface area contributed by atoms with Crippen LogP contribution in [0.4, 0.5) is 0 Å². The monoisotopic (exact) mass is 254 g/mol. The van der Waals surface area contributed by atoms with Crippen LogP contribution in [0.2, 0.25) is 0 Å². The number of nitrogens with one attached hydrogen (secondary N) is 1. The van der Waals surface area contributed by atoms with Crippen LogP contribution in [0.1, 0.15) is 19.5 Å². The fraction of sp³-hybridized carbons (Fsp3) is 0.833. The molecule has 1 N–H and O–H groups in total. The Morgan fingerprint density at radius 3 is 3.06 bits per heavy atom. The molecular weight excluding hydrogens is 232 g/mol. The molecule has 0 radical (unpaired) electrons. The molecule has 0 aromatic carbocycles. The van der Waals surface area contributed by atoms with Gasteiger partial charge >= 0.3 is 0 Å². The maximum absolute atomic E-state index is 5.57. The number of hydrogen-bond donors (Lipinski definition) is 1. The zero-order valence-electron chi connectivity index (χ0n) is 11.1. The highest BCUT2D eigenvalue weighted by atomic mass is 16.6. The Bertz CT molecular complexity index is 350. The molecule has 2 heterocycles. The molecule has 102 valence electrons. The van der Waals surface area contributed by atoms with Crippen LogP contribution in [0, 0.1) is 5.92 Å². The Morgan fingerprint density at radius 2 is 2.39 bits per heavy atom. The van der Waals surface area contributed by atoms with E-state index in [0.717, 1.165) is 38.5 Å². The number of hydrogen-bond acceptors (Lipinski definition) is 5. The van der Waals surface area contributed by atoms with Crippen LogP contribution < -0.4 is 5.32 Å². The summed E-state index contributed by atoms with van der Waals surface area (Å²) in [5.41, 5.74) is 0.975. The van der Waals surface area contributed by atoms with E-state index in [0.29, 0.717) is 12.5 Å². The average molecular weight is 254 g/mol. The first-order valence-electron chi connectivity index (χ1n) is 6.53. The Labute approximate surface area is 108 Å². The van der Waals surface area contributed by atoms with Gasteiger partial charge in [-0.1, -0.05) is 19.1 Å². The lowest BCUT2D eigenvalue weighted by atomic mass is 10.2. The summed E-state index contributed by atoms with van der Waals surface area (Å²) in [5.74, 6) is 0.651. The SMILES string of the molecule is CC(C)CNCc1cn(CCOC2COC2)nn1. The Balaban J connectivity index is 1.62. The first-order valence-corrected chi connectivity index (χ1v) is 6.53. The molecule has 18 heavy (non-hydrogen) atoms.